The third kappa shape index (κ3) is 6.01. The average molecular weight is 298 g/mol. The van der Waals surface area contributed by atoms with Crippen LogP contribution in [-0.4, -0.2) is 26.8 Å². The fourth-order valence-electron chi connectivity index (χ4n) is 1.50. The summed E-state index contributed by atoms with van der Waals surface area (Å²) in [6.07, 6.45) is 3.31. The Balaban J connectivity index is 2.51. The minimum Gasteiger partial charge on any atom is -0.383 e. The van der Waals surface area contributed by atoms with E-state index in [1.807, 2.05) is 0 Å². The molecule has 0 unspecified atom stereocenters. The van der Waals surface area contributed by atoms with E-state index in [4.69, 9.17) is 4.74 Å². The van der Waals surface area contributed by atoms with Gasteiger partial charge in [-0.15, -0.1) is 0 Å². The standard InChI is InChI=1S/C14H20BrNO/c1-3-12(11-16-8-9-17-2)10-13-4-6-14(15)7-5-13/h4-7,10,16H,3,8-9,11H2,1-2H3. The van der Waals surface area contributed by atoms with Gasteiger partial charge in [0.25, 0.3) is 0 Å². The van der Waals surface area contributed by atoms with E-state index >= 15 is 0 Å². The summed E-state index contributed by atoms with van der Waals surface area (Å²) in [5.41, 5.74) is 2.65. The number of hydrogen-bond acceptors (Lipinski definition) is 2. The largest absolute Gasteiger partial charge is 0.383 e. The Morgan fingerprint density at radius 1 is 1.35 bits per heavy atom. The van der Waals surface area contributed by atoms with Crippen molar-refractivity contribution >= 4 is 22.0 Å². The zero-order valence-corrected chi connectivity index (χ0v) is 12.1. The second kappa shape index (κ2) is 8.45. The average Bonchev–Trinajstić information content (AvgIpc) is 2.35. The maximum Gasteiger partial charge on any atom is 0.0587 e. The van der Waals surface area contributed by atoms with Crippen LogP contribution >= 0.6 is 15.9 Å². The fourth-order valence-corrected chi connectivity index (χ4v) is 1.76. The van der Waals surface area contributed by atoms with Crippen LogP contribution in [0.1, 0.15) is 18.9 Å². The van der Waals surface area contributed by atoms with Gasteiger partial charge in [-0.05, 0) is 24.1 Å². The van der Waals surface area contributed by atoms with Crippen LogP contribution in [0.25, 0.3) is 6.08 Å². The number of rotatable bonds is 7. The first-order valence-electron chi connectivity index (χ1n) is 5.91. The van der Waals surface area contributed by atoms with E-state index in [0.717, 1.165) is 30.6 Å². The van der Waals surface area contributed by atoms with Gasteiger partial charge in [-0.25, -0.2) is 0 Å². The fraction of sp³-hybridized carbons (Fsp3) is 0.429. The van der Waals surface area contributed by atoms with Gasteiger partial charge in [-0.1, -0.05) is 46.6 Å². The van der Waals surface area contributed by atoms with Crippen LogP contribution in [-0.2, 0) is 4.74 Å². The Morgan fingerprint density at radius 2 is 2.06 bits per heavy atom. The van der Waals surface area contributed by atoms with Gasteiger partial charge in [-0.3, -0.25) is 0 Å². The predicted octanol–water partition coefficient (Wildman–Crippen LogP) is 3.48. The molecule has 0 amide bonds. The van der Waals surface area contributed by atoms with Crippen molar-refractivity contribution in [3.8, 4) is 0 Å². The SMILES string of the molecule is CCC(=Cc1ccc(Br)cc1)CNCCOC. The van der Waals surface area contributed by atoms with Crippen molar-refractivity contribution in [2.45, 2.75) is 13.3 Å². The third-order valence-electron chi connectivity index (χ3n) is 2.53. The first-order valence-corrected chi connectivity index (χ1v) is 6.70. The molecule has 0 heterocycles. The maximum absolute atomic E-state index is 5.00. The highest BCUT2D eigenvalue weighted by molar-refractivity contribution is 9.10. The molecule has 1 aromatic carbocycles. The lowest BCUT2D eigenvalue weighted by Gasteiger charge is -2.07. The van der Waals surface area contributed by atoms with Gasteiger partial charge >= 0.3 is 0 Å². The lowest BCUT2D eigenvalue weighted by atomic mass is 10.1. The van der Waals surface area contributed by atoms with Crippen LogP contribution in [0, 0.1) is 0 Å². The van der Waals surface area contributed by atoms with Gasteiger partial charge in [0.1, 0.15) is 0 Å². The molecule has 1 aromatic rings. The normalized spacial score (nSPS) is 11.8. The molecule has 0 aliphatic heterocycles. The van der Waals surface area contributed by atoms with Crippen LogP contribution in [0.15, 0.2) is 34.3 Å². The van der Waals surface area contributed by atoms with Gasteiger partial charge in [0.05, 0.1) is 6.61 Å². The van der Waals surface area contributed by atoms with E-state index in [1.165, 1.54) is 11.1 Å². The van der Waals surface area contributed by atoms with Crippen LogP contribution in [0.5, 0.6) is 0 Å². The Morgan fingerprint density at radius 3 is 2.65 bits per heavy atom. The zero-order valence-electron chi connectivity index (χ0n) is 10.5. The highest BCUT2D eigenvalue weighted by Gasteiger charge is 1.96. The summed E-state index contributed by atoms with van der Waals surface area (Å²) >= 11 is 3.44. The molecule has 0 fully saturated rings. The number of methoxy groups -OCH3 is 1. The second-order valence-corrected chi connectivity index (χ2v) is 4.79. The molecule has 0 saturated heterocycles. The summed E-state index contributed by atoms with van der Waals surface area (Å²) < 4.78 is 6.12. The summed E-state index contributed by atoms with van der Waals surface area (Å²) in [6.45, 7) is 4.77. The van der Waals surface area contributed by atoms with Crippen molar-refractivity contribution in [3.05, 3.63) is 39.9 Å². The van der Waals surface area contributed by atoms with Crippen LogP contribution < -0.4 is 5.32 Å². The lowest BCUT2D eigenvalue weighted by Crippen LogP contribution is -2.21. The highest BCUT2D eigenvalue weighted by Crippen LogP contribution is 2.14. The van der Waals surface area contributed by atoms with E-state index < -0.39 is 0 Å². The molecule has 1 N–H and O–H groups in total. The van der Waals surface area contributed by atoms with Gasteiger partial charge < -0.3 is 10.1 Å². The van der Waals surface area contributed by atoms with Gasteiger partial charge in [0.2, 0.25) is 0 Å². The molecule has 2 nitrogen and oxygen atoms in total. The van der Waals surface area contributed by atoms with Crippen molar-refractivity contribution in [1.29, 1.82) is 0 Å². The summed E-state index contributed by atoms with van der Waals surface area (Å²) in [4.78, 5) is 0. The van der Waals surface area contributed by atoms with Crippen LogP contribution in [0.4, 0.5) is 0 Å². The maximum atomic E-state index is 5.00. The zero-order chi connectivity index (χ0) is 12.5. The van der Waals surface area contributed by atoms with E-state index in [0.29, 0.717) is 0 Å². The van der Waals surface area contributed by atoms with E-state index in [-0.39, 0.29) is 0 Å². The molecule has 0 radical (unpaired) electrons. The molecule has 3 heteroatoms. The summed E-state index contributed by atoms with van der Waals surface area (Å²) in [5.74, 6) is 0. The molecule has 0 bridgehead atoms. The van der Waals surface area contributed by atoms with Crippen molar-refractivity contribution in [2.75, 3.05) is 26.8 Å². The first-order chi connectivity index (χ1) is 8.26. The smallest absolute Gasteiger partial charge is 0.0587 e. The Hall–Kier alpha value is -0.640. The Bertz CT molecular complexity index is 346. The van der Waals surface area contributed by atoms with E-state index in [9.17, 15) is 0 Å². The molecule has 0 aliphatic rings. The number of hydrogen-bond donors (Lipinski definition) is 1. The Labute approximate surface area is 112 Å². The summed E-state index contributed by atoms with van der Waals surface area (Å²) in [5, 5.41) is 3.37. The van der Waals surface area contributed by atoms with Gasteiger partial charge in [-0.2, -0.15) is 0 Å². The highest BCUT2D eigenvalue weighted by atomic mass is 79.9. The van der Waals surface area contributed by atoms with Gasteiger partial charge in [0.15, 0.2) is 0 Å². The van der Waals surface area contributed by atoms with Crippen molar-refractivity contribution in [2.24, 2.45) is 0 Å². The molecular formula is C14H20BrNO. The van der Waals surface area contributed by atoms with Crippen LogP contribution in [0.3, 0.4) is 0 Å². The molecule has 0 aliphatic carbocycles. The van der Waals surface area contributed by atoms with E-state index in [1.54, 1.807) is 7.11 Å². The molecule has 0 saturated carbocycles. The topological polar surface area (TPSA) is 21.3 Å². The number of halogens is 1. The minimum absolute atomic E-state index is 0.759. The minimum atomic E-state index is 0.759. The van der Waals surface area contributed by atoms with Gasteiger partial charge in [0, 0.05) is 24.7 Å². The molecule has 0 spiro atoms. The molecule has 0 aromatic heterocycles. The Kier molecular flexibility index (Phi) is 7.17. The van der Waals surface area contributed by atoms with Crippen molar-refractivity contribution < 1.29 is 4.74 Å². The van der Waals surface area contributed by atoms with Crippen molar-refractivity contribution in [3.63, 3.8) is 0 Å². The first kappa shape index (κ1) is 14.4. The summed E-state index contributed by atoms with van der Waals surface area (Å²) in [6, 6.07) is 8.37. The van der Waals surface area contributed by atoms with E-state index in [2.05, 4.69) is 58.5 Å². The lowest BCUT2D eigenvalue weighted by molar-refractivity contribution is 0.200. The van der Waals surface area contributed by atoms with Crippen LogP contribution in [0.2, 0.25) is 0 Å². The number of ether oxygens (including phenoxy) is 1. The third-order valence-corrected chi connectivity index (χ3v) is 3.06. The number of benzene rings is 1. The molecule has 94 valence electrons. The quantitative estimate of drug-likeness (QED) is 0.778. The molecule has 1 rings (SSSR count). The molecular weight excluding hydrogens is 278 g/mol. The monoisotopic (exact) mass is 297 g/mol. The summed E-state index contributed by atoms with van der Waals surface area (Å²) in [7, 11) is 1.72. The molecule has 0 atom stereocenters. The van der Waals surface area contributed by atoms with Crippen molar-refractivity contribution in [1.82, 2.24) is 5.32 Å². The molecule has 17 heavy (non-hydrogen) atoms. The predicted molar refractivity (Wildman–Crippen MR) is 77.2 cm³/mol. The number of nitrogens with one attached hydrogen (secondary N) is 1. The second-order valence-electron chi connectivity index (χ2n) is 3.88.